The highest BCUT2D eigenvalue weighted by molar-refractivity contribution is 5.69. The number of carbonyl (C=O) groups excluding carboxylic acids is 1. The molecule has 2 heteroatoms. The van der Waals surface area contributed by atoms with Crippen molar-refractivity contribution in [1.29, 1.82) is 0 Å². The van der Waals surface area contributed by atoms with Crippen molar-refractivity contribution in [2.75, 3.05) is 7.11 Å². The van der Waals surface area contributed by atoms with Gasteiger partial charge in [0, 0.05) is 0 Å². The highest BCUT2D eigenvalue weighted by atomic mass is 16.5. The van der Waals surface area contributed by atoms with Gasteiger partial charge in [0.1, 0.15) is 0 Å². The average molecular weight is 212 g/mol. The van der Waals surface area contributed by atoms with Gasteiger partial charge < -0.3 is 4.74 Å². The molecule has 0 saturated heterocycles. The van der Waals surface area contributed by atoms with Gasteiger partial charge in [-0.25, -0.2) is 0 Å². The lowest BCUT2D eigenvalue weighted by molar-refractivity contribution is -0.143. The number of hydrogen-bond acceptors (Lipinski definition) is 2. The second-order valence-electron chi connectivity index (χ2n) is 5.75. The van der Waals surface area contributed by atoms with Crippen LogP contribution < -0.4 is 0 Å². The zero-order valence-electron chi connectivity index (χ0n) is 10.7. The van der Waals surface area contributed by atoms with Crippen molar-refractivity contribution in [3.05, 3.63) is 12.7 Å². The molecule has 0 aromatic carbocycles. The van der Waals surface area contributed by atoms with Crippen LogP contribution in [0.4, 0.5) is 0 Å². The number of allylic oxidation sites excluding steroid dienone is 1. The van der Waals surface area contributed by atoms with E-state index in [2.05, 4.69) is 34.3 Å². The van der Waals surface area contributed by atoms with Gasteiger partial charge >= 0.3 is 5.97 Å². The molecule has 0 aliphatic heterocycles. The fourth-order valence-electron chi connectivity index (χ4n) is 2.28. The van der Waals surface area contributed by atoms with Crippen LogP contribution in [0.25, 0.3) is 0 Å². The summed E-state index contributed by atoms with van der Waals surface area (Å²) in [6, 6.07) is 0. The fraction of sp³-hybridized carbons (Fsp3) is 0.769. The van der Waals surface area contributed by atoms with Crippen LogP contribution in [0.2, 0.25) is 0 Å². The number of esters is 1. The Morgan fingerprint density at radius 3 is 2.20 bits per heavy atom. The molecule has 0 aliphatic carbocycles. The first-order chi connectivity index (χ1) is 6.72. The molecule has 0 spiro atoms. The van der Waals surface area contributed by atoms with E-state index in [1.807, 2.05) is 6.08 Å². The van der Waals surface area contributed by atoms with E-state index >= 15 is 0 Å². The molecular formula is C13H24O2. The fourth-order valence-corrected chi connectivity index (χ4v) is 2.28. The quantitative estimate of drug-likeness (QED) is 0.497. The van der Waals surface area contributed by atoms with Crippen LogP contribution in [0.5, 0.6) is 0 Å². The number of hydrogen-bond donors (Lipinski definition) is 0. The van der Waals surface area contributed by atoms with E-state index < -0.39 is 0 Å². The van der Waals surface area contributed by atoms with E-state index in [4.69, 9.17) is 4.74 Å². The Morgan fingerprint density at radius 2 is 1.80 bits per heavy atom. The minimum absolute atomic E-state index is 0.0143. The Labute approximate surface area is 93.7 Å². The third kappa shape index (κ3) is 6.32. The van der Waals surface area contributed by atoms with Crippen molar-refractivity contribution in [3.63, 3.8) is 0 Å². The molecule has 2 nitrogen and oxygen atoms in total. The molecule has 0 N–H and O–H groups in total. The molecule has 0 atom stereocenters. The molecule has 0 fully saturated rings. The minimum atomic E-state index is -0.130. The number of methoxy groups -OCH3 is 1. The molecule has 88 valence electrons. The van der Waals surface area contributed by atoms with Crippen LogP contribution in [-0.4, -0.2) is 13.1 Å². The summed E-state index contributed by atoms with van der Waals surface area (Å²) in [5.41, 5.74) is 0.179. The summed E-state index contributed by atoms with van der Waals surface area (Å²) in [5, 5.41) is 0. The molecule has 15 heavy (non-hydrogen) atoms. The van der Waals surface area contributed by atoms with Crippen molar-refractivity contribution in [2.45, 2.75) is 47.0 Å². The van der Waals surface area contributed by atoms with Crippen LogP contribution in [0.1, 0.15) is 47.0 Å². The Bertz CT molecular complexity index is 227. The highest BCUT2D eigenvalue weighted by Crippen LogP contribution is 2.38. The first kappa shape index (κ1) is 14.2. The minimum Gasteiger partial charge on any atom is -0.469 e. The van der Waals surface area contributed by atoms with E-state index in [9.17, 15) is 4.79 Å². The maximum absolute atomic E-state index is 11.2. The topological polar surface area (TPSA) is 26.3 Å². The highest BCUT2D eigenvalue weighted by Gasteiger charge is 2.30. The van der Waals surface area contributed by atoms with Crippen molar-refractivity contribution in [3.8, 4) is 0 Å². The normalized spacial score (nSPS) is 12.3. The maximum atomic E-state index is 11.2. The van der Waals surface area contributed by atoms with Crippen molar-refractivity contribution in [1.82, 2.24) is 0 Å². The lowest BCUT2D eigenvalue weighted by Gasteiger charge is -2.33. The van der Waals surface area contributed by atoms with Crippen LogP contribution in [0.15, 0.2) is 12.7 Å². The van der Waals surface area contributed by atoms with Crippen LogP contribution in [0, 0.1) is 10.8 Å². The molecule has 0 aliphatic rings. The summed E-state index contributed by atoms with van der Waals surface area (Å²) in [7, 11) is 1.44. The van der Waals surface area contributed by atoms with Crippen molar-refractivity contribution in [2.24, 2.45) is 10.8 Å². The summed E-state index contributed by atoms with van der Waals surface area (Å²) in [5.74, 6) is -0.130. The molecule has 0 unspecified atom stereocenters. The van der Waals surface area contributed by atoms with E-state index in [1.54, 1.807) is 0 Å². The molecule has 0 radical (unpaired) electrons. The van der Waals surface area contributed by atoms with Gasteiger partial charge in [0.05, 0.1) is 13.5 Å². The first-order valence-corrected chi connectivity index (χ1v) is 5.40. The zero-order valence-corrected chi connectivity index (χ0v) is 10.7. The maximum Gasteiger partial charge on any atom is 0.306 e. The largest absolute Gasteiger partial charge is 0.469 e. The summed E-state index contributed by atoms with van der Waals surface area (Å²) < 4.78 is 4.70. The van der Waals surface area contributed by atoms with Crippen LogP contribution in [-0.2, 0) is 9.53 Å². The summed E-state index contributed by atoms with van der Waals surface area (Å²) in [6.07, 6.45) is 4.37. The Hall–Kier alpha value is -0.790. The number of ether oxygens (including phenoxy) is 1. The second-order valence-corrected chi connectivity index (χ2v) is 5.75. The van der Waals surface area contributed by atoms with Gasteiger partial charge in [-0.1, -0.05) is 33.8 Å². The molecule has 0 aromatic rings. The third-order valence-corrected chi connectivity index (χ3v) is 2.50. The van der Waals surface area contributed by atoms with E-state index in [0.717, 1.165) is 12.8 Å². The summed E-state index contributed by atoms with van der Waals surface area (Å²) in [4.78, 5) is 11.2. The molecule has 0 saturated carbocycles. The molecule has 0 bridgehead atoms. The Morgan fingerprint density at radius 1 is 1.27 bits per heavy atom. The molecular weight excluding hydrogens is 188 g/mol. The molecule has 0 aromatic heterocycles. The second kappa shape index (κ2) is 5.34. The van der Waals surface area contributed by atoms with Gasteiger partial charge in [-0.05, 0) is 23.7 Å². The number of rotatable bonds is 6. The monoisotopic (exact) mass is 212 g/mol. The molecule has 0 heterocycles. The van der Waals surface area contributed by atoms with Crippen LogP contribution in [0.3, 0.4) is 0 Å². The van der Waals surface area contributed by atoms with Gasteiger partial charge in [0.2, 0.25) is 0 Å². The zero-order chi connectivity index (χ0) is 12.1. The Kier molecular flexibility index (Phi) is 5.06. The summed E-state index contributed by atoms with van der Waals surface area (Å²) in [6.45, 7) is 12.4. The lowest BCUT2D eigenvalue weighted by Crippen LogP contribution is -2.25. The SMILES string of the molecule is C=CCC(C)(C)CC(C)(C)CC(=O)OC. The summed E-state index contributed by atoms with van der Waals surface area (Å²) >= 11 is 0. The predicted octanol–water partition coefficient (Wildman–Crippen LogP) is 3.57. The van der Waals surface area contributed by atoms with Gasteiger partial charge in [-0.15, -0.1) is 6.58 Å². The average Bonchev–Trinajstić information content (AvgIpc) is 2.00. The Balaban J connectivity index is 4.35. The van der Waals surface area contributed by atoms with E-state index in [0.29, 0.717) is 6.42 Å². The van der Waals surface area contributed by atoms with Crippen LogP contribution >= 0.6 is 0 Å². The van der Waals surface area contributed by atoms with E-state index in [-0.39, 0.29) is 16.8 Å². The first-order valence-electron chi connectivity index (χ1n) is 5.40. The van der Waals surface area contributed by atoms with Gasteiger partial charge in [-0.2, -0.15) is 0 Å². The van der Waals surface area contributed by atoms with Crippen molar-refractivity contribution >= 4 is 5.97 Å². The lowest BCUT2D eigenvalue weighted by atomic mass is 9.72. The van der Waals surface area contributed by atoms with Gasteiger partial charge in [0.25, 0.3) is 0 Å². The van der Waals surface area contributed by atoms with Crippen molar-refractivity contribution < 1.29 is 9.53 Å². The third-order valence-electron chi connectivity index (χ3n) is 2.50. The van der Waals surface area contributed by atoms with E-state index in [1.165, 1.54) is 7.11 Å². The standard InChI is InChI=1S/C13H24O2/c1-7-8-12(2,3)10-13(4,5)9-11(14)15-6/h7H,1,8-10H2,2-6H3. The smallest absolute Gasteiger partial charge is 0.306 e. The number of carbonyl (C=O) groups is 1. The van der Waals surface area contributed by atoms with Gasteiger partial charge in [-0.3, -0.25) is 4.79 Å². The predicted molar refractivity (Wildman–Crippen MR) is 63.6 cm³/mol. The molecule has 0 rings (SSSR count). The molecule has 0 amide bonds. The van der Waals surface area contributed by atoms with Gasteiger partial charge in [0.15, 0.2) is 0 Å².